The van der Waals surface area contributed by atoms with Crippen molar-refractivity contribution in [3.8, 4) is 6.07 Å². The average Bonchev–Trinajstić information content (AvgIpc) is 2.57. The van der Waals surface area contributed by atoms with Gasteiger partial charge in [0.15, 0.2) is 0 Å². The summed E-state index contributed by atoms with van der Waals surface area (Å²) in [6, 6.07) is 10.2. The van der Waals surface area contributed by atoms with Crippen LogP contribution in [-0.4, -0.2) is 30.7 Å². The minimum absolute atomic E-state index is 0.0299. The van der Waals surface area contributed by atoms with E-state index in [0.717, 1.165) is 37.0 Å². The summed E-state index contributed by atoms with van der Waals surface area (Å²) in [6.45, 7) is 4.59. The molecule has 1 N–H and O–H groups in total. The second-order valence-electron chi connectivity index (χ2n) is 5.58. The summed E-state index contributed by atoms with van der Waals surface area (Å²) in [6.07, 6.45) is 3.02. The van der Waals surface area contributed by atoms with E-state index in [1.807, 2.05) is 24.4 Å². The van der Waals surface area contributed by atoms with Crippen molar-refractivity contribution in [1.29, 1.82) is 5.26 Å². The zero-order valence-electron chi connectivity index (χ0n) is 12.6. The standard InChI is InChI=1S/C17H20N4O/c18-6-1-2-9-21-10-5-14-13-15(3-4-16(14)17(21)22)20-11-7-19-8-12-20/h3-5,10,13,19H,1-2,7-9,11-12H2. The highest BCUT2D eigenvalue weighted by Gasteiger charge is 2.11. The van der Waals surface area contributed by atoms with Crippen molar-refractivity contribution in [2.24, 2.45) is 0 Å². The first-order valence-corrected chi connectivity index (χ1v) is 7.75. The third-order valence-corrected chi connectivity index (χ3v) is 4.13. The van der Waals surface area contributed by atoms with Gasteiger partial charge in [-0.1, -0.05) is 0 Å². The van der Waals surface area contributed by atoms with E-state index in [1.165, 1.54) is 5.69 Å². The highest BCUT2D eigenvalue weighted by atomic mass is 16.1. The largest absolute Gasteiger partial charge is 0.369 e. The van der Waals surface area contributed by atoms with Gasteiger partial charge in [-0.25, -0.2) is 0 Å². The molecule has 2 aromatic rings. The summed E-state index contributed by atoms with van der Waals surface area (Å²) in [5.74, 6) is 0. The Morgan fingerprint density at radius 1 is 1.23 bits per heavy atom. The lowest BCUT2D eigenvalue weighted by Gasteiger charge is -2.29. The Bertz CT molecular complexity index is 753. The zero-order valence-corrected chi connectivity index (χ0v) is 12.6. The summed E-state index contributed by atoms with van der Waals surface area (Å²) in [5.41, 5.74) is 1.21. The van der Waals surface area contributed by atoms with E-state index >= 15 is 0 Å². The third kappa shape index (κ3) is 2.97. The molecule has 2 heterocycles. The minimum Gasteiger partial charge on any atom is -0.369 e. The van der Waals surface area contributed by atoms with Crippen molar-refractivity contribution in [3.05, 3.63) is 40.8 Å². The maximum atomic E-state index is 12.5. The van der Waals surface area contributed by atoms with E-state index in [1.54, 1.807) is 4.57 Å². The van der Waals surface area contributed by atoms with Gasteiger partial charge in [0, 0.05) is 56.4 Å². The summed E-state index contributed by atoms with van der Waals surface area (Å²) >= 11 is 0. The molecule has 0 atom stereocenters. The summed E-state index contributed by atoms with van der Waals surface area (Å²) in [5, 5.41) is 13.7. The van der Waals surface area contributed by atoms with Gasteiger partial charge >= 0.3 is 0 Å². The van der Waals surface area contributed by atoms with Crippen molar-refractivity contribution in [2.45, 2.75) is 19.4 Å². The van der Waals surface area contributed by atoms with Gasteiger partial charge in [0.1, 0.15) is 0 Å². The Kier molecular flexibility index (Phi) is 4.40. The molecule has 114 valence electrons. The van der Waals surface area contributed by atoms with Crippen LogP contribution in [0.2, 0.25) is 0 Å². The Labute approximate surface area is 129 Å². The maximum Gasteiger partial charge on any atom is 0.258 e. The Morgan fingerprint density at radius 3 is 2.82 bits per heavy atom. The molecular formula is C17H20N4O. The fraction of sp³-hybridized carbons (Fsp3) is 0.412. The summed E-state index contributed by atoms with van der Waals surface area (Å²) in [4.78, 5) is 14.8. The van der Waals surface area contributed by atoms with Gasteiger partial charge < -0.3 is 14.8 Å². The van der Waals surface area contributed by atoms with Gasteiger partial charge in [-0.3, -0.25) is 4.79 Å². The predicted molar refractivity (Wildman–Crippen MR) is 88.1 cm³/mol. The Hall–Kier alpha value is -2.32. The number of pyridine rings is 1. The molecule has 0 bridgehead atoms. The molecule has 1 saturated heterocycles. The molecule has 5 heteroatoms. The topological polar surface area (TPSA) is 61.1 Å². The number of aromatic nitrogens is 1. The van der Waals surface area contributed by atoms with E-state index in [4.69, 9.17) is 5.26 Å². The van der Waals surface area contributed by atoms with Crippen LogP contribution in [0, 0.1) is 11.3 Å². The van der Waals surface area contributed by atoms with Crippen LogP contribution >= 0.6 is 0 Å². The van der Waals surface area contributed by atoms with Crippen LogP contribution in [0.4, 0.5) is 5.69 Å². The molecular weight excluding hydrogens is 276 g/mol. The normalized spacial score (nSPS) is 15.0. The number of rotatable bonds is 4. The lowest BCUT2D eigenvalue weighted by Crippen LogP contribution is -2.43. The molecule has 1 aromatic carbocycles. The number of fused-ring (bicyclic) bond motifs is 1. The SMILES string of the molecule is N#CCCCn1ccc2cc(N3CCNCC3)ccc2c1=O. The van der Waals surface area contributed by atoms with Gasteiger partial charge in [-0.2, -0.15) is 5.26 Å². The zero-order chi connectivity index (χ0) is 15.4. The molecule has 1 aliphatic rings. The van der Waals surface area contributed by atoms with E-state index in [2.05, 4.69) is 22.4 Å². The molecule has 1 fully saturated rings. The lowest BCUT2D eigenvalue weighted by atomic mass is 10.1. The fourth-order valence-electron chi connectivity index (χ4n) is 2.90. The predicted octanol–water partition coefficient (Wildman–Crippen LogP) is 1.71. The minimum atomic E-state index is 0.0299. The van der Waals surface area contributed by atoms with Gasteiger partial charge in [-0.05, 0) is 36.1 Å². The number of hydrogen-bond donors (Lipinski definition) is 1. The van der Waals surface area contributed by atoms with Crippen LogP contribution in [0.25, 0.3) is 10.8 Å². The molecule has 0 radical (unpaired) electrons. The van der Waals surface area contributed by atoms with Gasteiger partial charge in [0.25, 0.3) is 5.56 Å². The van der Waals surface area contributed by atoms with Crippen LogP contribution in [-0.2, 0) is 6.54 Å². The molecule has 0 spiro atoms. The summed E-state index contributed by atoms with van der Waals surface area (Å²) < 4.78 is 1.70. The third-order valence-electron chi connectivity index (χ3n) is 4.13. The first-order chi connectivity index (χ1) is 10.8. The van der Waals surface area contributed by atoms with Crippen molar-refractivity contribution in [1.82, 2.24) is 9.88 Å². The molecule has 0 amide bonds. The van der Waals surface area contributed by atoms with Gasteiger partial charge in [0.05, 0.1) is 6.07 Å². The second kappa shape index (κ2) is 6.63. The number of piperazine rings is 1. The van der Waals surface area contributed by atoms with Gasteiger partial charge in [-0.15, -0.1) is 0 Å². The lowest BCUT2D eigenvalue weighted by molar-refractivity contribution is 0.589. The average molecular weight is 296 g/mol. The highest BCUT2D eigenvalue weighted by molar-refractivity contribution is 5.85. The summed E-state index contributed by atoms with van der Waals surface area (Å²) in [7, 11) is 0. The highest BCUT2D eigenvalue weighted by Crippen LogP contribution is 2.20. The quantitative estimate of drug-likeness (QED) is 0.873. The Morgan fingerprint density at radius 2 is 2.05 bits per heavy atom. The molecule has 22 heavy (non-hydrogen) atoms. The van der Waals surface area contributed by atoms with Gasteiger partial charge in [0.2, 0.25) is 0 Å². The number of nitriles is 1. The number of nitrogens with zero attached hydrogens (tertiary/aromatic N) is 3. The van der Waals surface area contributed by atoms with Crippen molar-refractivity contribution >= 4 is 16.5 Å². The number of hydrogen-bond acceptors (Lipinski definition) is 4. The number of aryl methyl sites for hydroxylation is 1. The molecule has 1 aliphatic heterocycles. The van der Waals surface area contributed by atoms with E-state index in [9.17, 15) is 4.79 Å². The number of benzene rings is 1. The first-order valence-electron chi connectivity index (χ1n) is 7.75. The van der Waals surface area contributed by atoms with Crippen LogP contribution in [0.15, 0.2) is 35.3 Å². The molecule has 0 saturated carbocycles. The molecule has 0 aliphatic carbocycles. The van der Waals surface area contributed by atoms with Crippen LogP contribution in [0.3, 0.4) is 0 Å². The monoisotopic (exact) mass is 296 g/mol. The number of anilines is 1. The fourth-order valence-corrected chi connectivity index (χ4v) is 2.90. The molecule has 1 aromatic heterocycles. The molecule has 0 unspecified atom stereocenters. The van der Waals surface area contributed by atoms with Crippen LogP contribution < -0.4 is 15.8 Å². The second-order valence-corrected chi connectivity index (χ2v) is 5.58. The van der Waals surface area contributed by atoms with Crippen LogP contribution in [0.1, 0.15) is 12.8 Å². The number of nitrogens with one attached hydrogen (secondary N) is 1. The van der Waals surface area contributed by atoms with Crippen molar-refractivity contribution in [2.75, 3.05) is 31.1 Å². The van der Waals surface area contributed by atoms with Crippen molar-refractivity contribution in [3.63, 3.8) is 0 Å². The van der Waals surface area contributed by atoms with Crippen molar-refractivity contribution < 1.29 is 0 Å². The molecule has 5 nitrogen and oxygen atoms in total. The van der Waals surface area contributed by atoms with Crippen LogP contribution in [0.5, 0.6) is 0 Å². The van der Waals surface area contributed by atoms with E-state index in [-0.39, 0.29) is 5.56 Å². The number of unbranched alkanes of at least 4 members (excludes halogenated alkanes) is 1. The smallest absolute Gasteiger partial charge is 0.258 e. The van der Waals surface area contributed by atoms with E-state index < -0.39 is 0 Å². The Balaban J connectivity index is 1.89. The van der Waals surface area contributed by atoms with E-state index in [0.29, 0.717) is 19.4 Å². The molecule has 3 rings (SSSR count). The maximum absolute atomic E-state index is 12.5. The first kappa shape index (κ1) is 14.6.